The first kappa shape index (κ1) is 10.2. The summed E-state index contributed by atoms with van der Waals surface area (Å²) >= 11 is 2.12. The largest absolute Gasteiger partial charge is 0.452 e. The van der Waals surface area contributed by atoms with Crippen LogP contribution >= 0.6 is 22.6 Å². The Morgan fingerprint density at radius 3 is 2.53 bits per heavy atom. The monoisotopic (exact) mass is 312 g/mol. The summed E-state index contributed by atoms with van der Waals surface area (Å²) in [5.41, 5.74) is 6.39. The van der Waals surface area contributed by atoms with E-state index in [4.69, 9.17) is 10.5 Å². The first-order chi connectivity index (χ1) is 7.27. The van der Waals surface area contributed by atoms with Gasteiger partial charge in [-0.05, 0) is 46.9 Å². The number of nitrogens with two attached hydrogens (primary N) is 1. The second kappa shape index (κ2) is 4.48. The van der Waals surface area contributed by atoms with E-state index in [1.807, 2.05) is 30.3 Å². The van der Waals surface area contributed by atoms with Gasteiger partial charge in [-0.1, -0.05) is 12.1 Å². The van der Waals surface area contributed by atoms with Crippen molar-refractivity contribution >= 4 is 28.3 Å². The number of para-hydroxylation sites is 2. The summed E-state index contributed by atoms with van der Waals surface area (Å²) in [5, 5.41) is 0. The zero-order valence-electron chi connectivity index (χ0n) is 7.85. The van der Waals surface area contributed by atoms with Gasteiger partial charge in [-0.25, -0.2) is 4.98 Å². The molecule has 4 heteroatoms. The van der Waals surface area contributed by atoms with Gasteiger partial charge >= 0.3 is 0 Å². The van der Waals surface area contributed by atoms with Crippen LogP contribution in [0.1, 0.15) is 0 Å². The van der Waals surface area contributed by atoms with Crippen LogP contribution in [0, 0.1) is 3.70 Å². The molecule has 1 aromatic heterocycles. The highest BCUT2D eigenvalue weighted by atomic mass is 127. The fourth-order valence-electron chi connectivity index (χ4n) is 1.14. The van der Waals surface area contributed by atoms with Crippen LogP contribution in [-0.2, 0) is 0 Å². The molecule has 3 nitrogen and oxygen atoms in total. The molecular formula is C11H9IN2O. The Morgan fingerprint density at radius 2 is 1.80 bits per heavy atom. The molecule has 1 aromatic carbocycles. The van der Waals surface area contributed by atoms with Crippen LogP contribution < -0.4 is 10.5 Å². The predicted octanol–water partition coefficient (Wildman–Crippen LogP) is 3.06. The molecule has 15 heavy (non-hydrogen) atoms. The molecule has 0 unspecified atom stereocenters. The van der Waals surface area contributed by atoms with Gasteiger partial charge in [0, 0.05) is 6.20 Å². The molecular weight excluding hydrogens is 303 g/mol. The second-order valence-corrected chi connectivity index (χ2v) is 3.95. The maximum atomic E-state index is 5.77. The molecule has 0 aliphatic carbocycles. The van der Waals surface area contributed by atoms with Crippen LogP contribution in [0.2, 0.25) is 0 Å². The SMILES string of the molecule is Nc1ccccc1Oc1cccnc1I. The van der Waals surface area contributed by atoms with Crippen molar-refractivity contribution in [1.82, 2.24) is 4.98 Å². The fourth-order valence-corrected chi connectivity index (χ4v) is 1.59. The topological polar surface area (TPSA) is 48.1 Å². The molecule has 0 radical (unpaired) electrons. The van der Waals surface area contributed by atoms with E-state index < -0.39 is 0 Å². The maximum absolute atomic E-state index is 5.77. The number of pyridine rings is 1. The Kier molecular flexibility index (Phi) is 3.05. The number of halogens is 1. The number of hydrogen-bond donors (Lipinski definition) is 1. The minimum absolute atomic E-state index is 0.622. The first-order valence-electron chi connectivity index (χ1n) is 4.40. The van der Waals surface area contributed by atoms with Crippen LogP contribution in [0.15, 0.2) is 42.6 Å². The lowest BCUT2D eigenvalue weighted by atomic mass is 10.3. The van der Waals surface area contributed by atoms with Gasteiger partial charge in [-0.15, -0.1) is 0 Å². The predicted molar refractivity (Wildman–Crippen MR) is 67.9 cm³/mol. The second-order valence-electron chi connectivity index (χ2n) is 2.93. The van der Waals surface area contributed by atoms with E-state index in [-0.39, 0.29) is 0 Å². The van der Waals surface area contributed by atoms with Crippen molar-refractivity contribution < 1.29 is 4.74 Å². The van der Waals surface area contributed by atoms with Crippen molar-refractivity contribution in [1.29, 1.82) is 0 Å². The molecule has 0 fully saturated rings. The summed E-state index contributed by atoms with van der Waals surface area (Å²) in [6, 6.07) is 11.1. The number of benzene rings is 1. The number of aromatic nitrogens is 1. The van der Waals surface area contributed by atoms with Gasteiger partial charge in [0.1, 0.15) is 9.45 Å². The van der Waals surface area contributed by atoms with Crippen molar-refractivity contribution in [2.24, 2.45) is 0 Å². The molecule has 2 aromatic rings. The Hall–Kier alpha value is -1.30. The number of rotatable bonds is 2. The van der Waals surface area contributed by atoms with Crippen molar-refractivity contribution in [3.8, 4) is 11.5 Å². The number of nitrogens with zero attached hydrogens (tertiary/aromatic N) is 1. The molecule has 0 bridgehead atoms. The average molecular weight is 312 g/mol. The molecule has 0 aliphatic heterocycles. The zero-order valence-corrected chi connectivity index (χ0v) is 10.0. The maximum Gasteiger partial charge on any atom is 0.159 e. The molecule has 0 saturated heterocycles. The molecule has 0 spiro atoms. The lowest BCUT2D eigenvalue weighted by molar-refractivity contribution is 0.478. The normalized spacial score (nSPS) is 9.93. The van der Waals surface area contributed by atoms with E-state index in [0.29, 0.717) is 11.4 Å². The van der Waals surface area contributed by atoms with E-state index >= 15 is 0 Å². The molecule has 2 rings (SSSR count). The van der Waals surface area contributed by atoms with Crippen molar-refractivity contribution in [2.45, 2.75) is 0 Å². The third-order valence-electron chi connectivity index (χ3n) is 1.86. The quantitative estimate of drug-likeness (QED) is 0.527. The molecule has 76 valence electrons. The summed E-state index contributed by atoms with van der Waals surface area (Å²) in [4.78, 5) is 4.13. The number of hydrogen-bond acceptors (Lipinski definition) is 3. The summed E-state index contributed by atoms with van der Waals surface area (Å²) in [5.74, 6) is 1.37. The smallest absolute Gasteiger partial charge is 0.159 e. The Balaban J connectivity index is 2.30. The molecule has 0 atom stereocenters. The van der Waals surface area contributed by atoms with E-state index in [9.17, 15) is 0 Å². The molecule has 1 heterocycles. The average Bonchev–Trinajstić information content (AvgIpc) is 2.24. The first-order valence-corrected chi connectivity index (χ1v) is 5.48. The standard InChI is InChI=1S/C11H9IN2O/c12-11-10(6-3-7-14-11)15-9-5-2-1-4-8(9)13/h1-7H,13H2. The van der Waals surface area contributed by atoms with E-state index in [1.165, 1.54) is 0 Å². The van der Waals surface area contributed by atoms with E-state index in [2.05, 4.69) is 27.6 Å². The van der Waals surface area contributed by atoms with Gasteiger partial charge in [0.15, 0.2) is 5.75 Å². The Labute approximate surface area is 101 Å². The van der Waals surface area contributed by atoms with Gasteiger partial charge < -0.3 is 10.5 Å². The van der Waals surface area contributed by atoms with Gasteiger partial charge in [0.2, 0.25) is 0 Å². The Morgan fingerprint density at radius 1 is 1.07 bits per heavy atom. The van der Waals surface area contributed by atoms with Crippen LogP contribution in [0.3, 0.4) is 0 Å². The Bertz CT molecular complexity index is 430. The van der Waals surface area contributed by atoms with Gasteiger partial charge in [0.25, 0.3) is 0 Å². The van der Waals surface area contributed by atoms with Gasteiger partial charge in [-0.3, -0.25) is 0 Å². The molecule has 0 aliphatic rings. The van der Waals surface area contributed by atoms with Gasteiger partial charge in [-0.2, -0.15) is 0 Å². The van der Waals surface area contributed by atoms with Crippen LogP contribution in [0.25, 0.3) is 0 Å². The third kappa shape index (κ3) is 2.38. The lowest BCUT2D eigenvalue weighted by Crippen LogP contribution is -1.93. The zero-order chi connectivity index (χ0) is 10.7. The van der Waals surface area contributed by atoms with Crippen LogP contribution in [0.5, 0.6) is 11.5 Å². The van der Waals surface area contributed by atoms with Gasteiger partial charge in [0.05, 0.1) is 5.69 Å². The molecule has 2 N–H and O–H groups in total. The number of anilines is 1. The van der Waals surface area contributed by atoms with Crippen LogP contribution in [-0.4, -0.2) is 4.98 Å². The summed E-state index contributed by atoms with van der Waals surface area (Å²) in [7, 11) is 0. The molecule has 0 saturated carbocycles. The number of ether oxygens (including phenoxy) is 1. The van der Waals surface area contributed by atoms with E-state index in [0.717, 1.165) is 9.45 Å². The summed E-state index contributed by atoms with van der Waals surface area (Å²) in [6.45, 7) is 0. The minimum Gasteiger partial charge on any atom is -0.452 e. The highest BCUT2D eigenvalue weighted by Gasteiger charge is 2.04. The van der Waals surface area contributed by atoms with Crippen molar-refractivity contribution in [3.63, 3.8) is 0 Å². The van der Waals surface area contributed by atoms with Crippen LogP contribution in [0.4, 0.5) is 5.69 Å². The van der Waals surface area contributed by atoms with E-state index in [1.54, 1.807) is 12.3 Å². The van der Waals surface area contributed by atoms with Crippen molar-refractivity contribution in [2.75, 3.05) is 5.73 Å². The third-order valence-corrected chi connectivity index (χ3v) is 2.67. The summed E-state index contributed by atoms with van der Waals surface area (Å²) < 4.78 is 6.46. The number of nitrogen functional groups attached to an aromatic ring is 1. The van der Waals surface area contributed by atoms with Crippen molar-refractivity contribution in [3.05, 3.63) is 46.3 Å². The highest BCUT2D eigenvalue weighted by Crippen LogP contribution is 2.28. The minimum atomic E-state index is 0.622. The highest BCUT2D eigenvalue weighted by molar-refractivity contribution is 14.1. The fraction of sp³-hybridized carbons (Fsp3) is 0. The molecule has 0 amide bonds. The summed E-state index contributed by atoms with van der Waals surface area (Å²) in [6.07, 6.45) is 1.73. The lowest BCUT2D eigenvalue weighted by Gasteiger charge is -2.08.